The number of aromatic nitrogens is 5. The third kappa shape index (κ3) is 6.76. The van der Waals surface area contributed by atoms with E-state index in [2.05, 4.69) is 61.5 Å². The molecule has 0 saturated heterocycles. The van der Waals surface area contributed by atoms with Gasteiger partial charge in [-0.1, -0.05) is 24.3 Å². The number of nitrogens with one attached hydrogen (secondary N) is 2. The first-order valence-corrected chi connectivity index (χ1v) is 11.2. The number of hydrogen-bond acceptors (Lipinski definition) is 5. The minimum absolute atomic E-state index is 0. The van der Waals surface area contributed by atoms with Gasteiger partial charge in [0.05, 0.1) is 13.1 Å². The average molecular weight is 564 g/mol. The van der Waals surface area contributed by atoms with Crippen molar-refractivity contribution in [2.75, 3.05) is 13.7 Å². The Kier molecular flexibility index (Phi) is 9.24. The Morgan fingerprint density at radius 3 is 2.91 bits per heavy atom. The van der Waals surface area contributed by atoms with Crippen molar-refractivity contribution in [3.63, 3.8) is 0 Å². The molecular formula is C23H33IN8O. The first kappa shape index (κ1) is 25.2. The molecule has 33 heavy (non-hydrogen) atoms. The minimum atomic E-state index is 0. The molecular weight excluding hydrogens is 531 g/mol. The number of methoxy groups -OCH3 is 1. The second kappa shape index (κ2) is 12.1. The van der Waals surface area contributed by atoms with Gasteiger partial charge in [0.15, 0.2) is 11.8 Å². The Morgan fingerprint density at radius 2 is 2.15 bits per heavy atom. The van der Waals surface area contributed by atoms with Gasteiger partial charge in [-0.2, -0.15) is 5.10 Å². The van der Waals surface area contributed by atoms with Crippen LogP contribution in [0.4, 0.5) is 0 Å². The van der Waals surface area contributed by atoms with Crippen LogP contribution < -0.4 is 10.6 Å². The van der Waals surface area contributed by atoms with E-state index in [9.17, 15) is 0 Å². The molecule has 0 fully saturated rings. The lowest BCUT2D eigenvalue weighted by atomic mass is 10.1. The number of halogens is 1. The van der Waals surface area contributed by atoms with Crippen molar-refractivity contribution in [2.24, 2.45) is 4.99 Å². The zero-order chi connectivity index (χ0) is 22.3. The van der Waals surface area contributed by atoms with E-state index >= 15 is 0 Å². The predicted molar refractivity (Wildman–Crippen MR) is 139 cm³/mol. The Hall–Kier alpha value is -2.47. The Labute approximate surface area is 212 Å². The van der Waals surface area contributed by atoms with Crippen LogP contribution in [0, 0.1) is 6.92 Å². The summed E-state index contributed by atoms with van der Waals surface area (Å²) in [5, 5.41) is 11.5. The van der Waals surface area contributed by atoms with E-state index in [4.69, 9.17) is 9.73 Å². The summed E-state index contributed by atoms with van der Waals surface area (Å²) in [7, 11) is 1.66. The van der Waals surface area contributed by atoms with E-state index in [1.54, 1.807) is 7.11 Å². The second-order valence-corrected chi connectivity index (χ2v) is 8.06. The monoisotopic (exact) mass is 564 g/mol. The third-order valence-corrected chi connectivity index (χ3v) is 5.55. The number of hydrogen-bond donors (Lipinski definition) is 2. The largest absolute Gasteiger partial charge is 0.377 e. The third-order valence-electron chi connectivity index (χ3n) is 5.55. The highest BCUT2D eigenvalue weighted by atomic mass is 127. The van der Waals surface area contributed by atoms with E-state index in [0.29, 0.717) is 13.2 Å². The molecule has 0 saturated carbocycles. The summed E-state index contributed by atoms with van der Waals surface area (Å²) >= 11 is 0. The molecule has 0 bridgehead atoms. The molecule has 2 aromatic heterocycles. The normalized spacial score (nSPS) is 15.6. The van der Waals surface area contributed by atoms with Crippen LogP contribution in [0.15, 0.2) is 41.7 Å². The average Bonchev–Trinajstić information content (AvgIpc) is 3.38. The lowest BCUT2D eigenvalue weighted by Gasteiger charge is -2.25. The van der Waals surface area contributed by atoms with Gasteiger partial charge in [-0.15, -0.1) is 24.0 Å². The number of guanidine groups is 1. The first-order chi connectivity index (χ1) is 15.6. The number of imidazole rings is 1. The molecule has 1 aromatic carbocycles. The molecule has 2 N–H and O–H groups in total. The maximum Gasteiger partial charge on any atom is 0.191 e. The van der Waals surface area contributed by atoms with Gasteiger partial charge in [-0.25, -0.2) is 19.6 Å². The van der Waals surface area contributed by atoms with Gasteiger partial charge in [0, 0.05) is 45.1 Å². The van der Waals surface area contributed by atoms with Gasteiger partial charge >= 0.3 is 0 Å². The Morgan fingerprint density at radius 1 is 1.30 bits per heavy atom. The summed E-state index contributed by atoms with van der Waals surface area (Å²) in [6.45, 7) is 7.57. The van der Waals surface area contributed by atoms with Crippen LogP contribution in [0.5, 0.6) is 0 Å². The van der Waals surface area contributed by atoms with E-state index in [1.165, 1.54) is 11.1 Å². The topological polar surface area (TPSA) is 94.2 Å². The molecule has 0 spiro atoms. The molecule has 3 aromatic rings. The Bertz CT molecular complexity index is 1060. The maximum absolute atomic E-state index is 5.16. The van der Waals surface area contributed by atoms with Crippen LogP contribution in [0.2, 0.25) is 0 Å². The fraction of sp³-hybridized carbons (Fsp3) is 0.478. The molecule has 9 nitrogen and oxygen atoms in total. The predicted octanol–water partition coefficient (Wildman–Crippen LogP) is 2.67. The van der Waals surface area contributed by atoms with Crippen molar-refractivity contribution in [3.05, 3.63) is 65.3 Å². The van der Waals surface area contributed by atoms with Crippen LogP contribution in [0.3, 0.4) is 0 Å². The first-order valence-electron chi connectivity index (χ1n) is 11.2. The number of ether oxygens (including phenoxy) is 1. The zero-order valence-electron chi connectivity index (χ0n) is 19.5. The lowest BCUT2D eigenvalue weighted by molar-refractivity contribution is 0.177. The standard InChI is InChI=1S/C23H32N8O.HI/c1-4-24-23(27-20-8-9-22-28-21(16-32-3)29-31(22)15-20)26-13-18-6-5-7-19(12-18)14-30-11-10-25-17(30)2;/h5-7,10-12,20H,4,8-9,13-16H2,1-3H3,(H2,24,26,27);1H. The highest BCUT2D eigenvalue weighted by molar-refractivity contribution is 14.0. The van der Waals surface area contributed by atoms with Crippen molar-refractivity contribution >= 4 is 29.9 Å². The van der Waals surface area contributed by atoms with Crippen molar-refractivity contribution in [1.29, 1.82) is 0 Å². The number of aryl methyl sites for hydroxylation is 2. The van der Waals surface area contributed by atoms with Crippen molar-refractivity contribution in [2.45, 2.75) is 59.0 Å². The summed E-state index contributed by atoms with van der Waals surface area (Å²) in [6, 6.07) is 8.83. The quantitative estimate of drug-likeness (QED) is 0.248. The smallest absolute Gasteiger partial charge is 0.191 e. The molecule has 0 radical (unpaired) electrons. The molecule has 3 heterocycles. The molecule has 1 atom stereocenters. The van der Waals surface area contributed by atoms with E-state index in [-0.39, 0.29) is 30.0 Å². The molecule has 0 aliphatic carbocycles. The summed E-state index contributed by atoms with van der Waals surface area (Å²) in [5.41, 5.74) is 2.43. The second-order valence-electron chi connectivity index (χ2n) is 8.06. The van der Waals surface area contributed by atoms with Gasteiger partial charge < -0.3 is 19.9 Å². The summed E-state index contributed by atoms with van der Waals surface area (Å²) in [4.78, 5) is 13.7. The Balaban J connectivity index is 0.00000306. The molecule has 0 amide bonds. The van der Waals surface area contributed by atoms with E-state index < -0.39 is 0 Å². The van der Waals surface area contributed by atoms with Gasteiger partial charge in [0.25, 0.3) is 0 Å². The number of fused-ring (bicyclic) bond motifs is 1. The minimum Gasteiger partial charge on any atom is -0.377 e. The molecule has 10 heteroatoms. The van der Waals surface area contributed by atoms with Gasteiger partial charge in [0.1, 0.15) is 18.3 Å². The van der Waals surface area contributed by atoms with Gasteiger partial charge in [-0.05, 0) is 31.4 Å². The summed E-state index contributed by atoms with van der Waals surface area (Å²) in [5.74, 6) is 3.62. The van der Waals surface area contributed by atoms with Gasteiger partial charge in [0.2, 0.25) is 0 Å². The zero-order valence-corrected chi connectivity index (χ0v) is 21.8. The fourth-order valence-corrected chi connectivity index (χ4v) is 3.95. The van der Waals surface area contributed by atoms with Crippen molar-refractivity contribution < 1.29 is 4.74 Å². The van der Waals surface area contributed by atoms with E-state index in [1.807, 2.05) is 24.0 Å². The molecule has 178 valence electrons. The van der Waals surface area contributed by atoms with Crippen LogP contribution >= 0.6 is 24.0 Å². The molecule has 1 aliphatic rings. The molecule has 4 rings (SSSR count). The highest BCUT2D eigenvalue weighted by Crippen LogP contribution is 2.14. The van der Waals surface area contributed by atoms with Crippen LogP contribution in [-0.2, 0) is 37.4 Å². The molecule has 1 aliphatic heterocycles. The number of rotatable bonds is 8. The fourth-order valence-electron chi connectivity index (χ4n) is 3.95. The summed E-state index contributed by atoms with van der Waals surface area (Å²) in [6.07, 6.45) is 5.73. The van der Waals surface area contributed by atoms with E-state index in [0.717, 1.165) is 55.9 Å². The SMILES string of the molecule is CCNC(=NCc1cccc(Cn2ccnc2C)c1)NC1CCc2nc(COC)nn2C1.I. The van der Waals surface area contributed by atoms with Gasteiger partial charge in [-0.3, -0.25) is 0 Å². The highest BCUT2D eigenvalue weighted by Gasteiger charge is 2.22. The van der Waals surface area contributed by atoms with Crippen LogP contribution in [0.25, 0.3) is 0 Å². The number of nitrogens with zero attached hydrogens (tertiary/aromatic N) is 6. The maximum atomic E-state index is 5.16. The summed E-state index contributed by atoms with van der Waals surface area (Å²) < 4.78 is 9.29. The van der Waals surface area contributed by atoms with Crippen molar-refractivity contribution in [3.8, 4) is 0 Å². The van der Waals surface area contributed by atoms with Crippen molar-refractivity contribution in [1.82, 2.24) is 34.9 Å². The van der Waals surface area contributed by atoms with Crippen LogP contribution in [0.1, 0.15) is 41.9 Å². The lowest BCUT2D eigenvalue weighted by Crippen LogP contribution is -2.47. The number of aliphatic imine (C=N–C) groups is 1. The van der Waals surface area contributed by atoms with Crippen LogP contribution in [-0.4, -0.2) is 50.0 Å². The molecule has 1 unspecified atom stereocenters. The number of benzene rings is 1.